The zero-order valence-corrected chi connectivity index (χ0v) is 8.39. The van der Waals surface area contributed by atoms with Gasteiger partial charge in [0.05, 0.1) is 5.69 Å². The van der Waals surface area contributed by atoms with Gasteiger partial charge in [0, 0.05) is 15.1 Å². The van der Waals surface area contributed by atoms with E-state index in [2.05, 4.69) is 43.5 Å². The maximum Gasteiger partial charge on any atom is 0.0501 e. The molecule has 0 radical (unpaired) electrons. The molecule has 0 aliphatic carbocycles. The average molecular weight is 298 g/mol. The third kappa shape index (κ3) is 2.21. The normalized spacial score (nSPS) is 9.56. The predicted molar refractivity (Wildman–Crippen MR) is 49.7 cm³/mol. The van der Waals surface area contributed by atoms with Gasteiger partial charge in [0.2, 0.25) is 0 Å². The van der Waals surface area contributed by atoms with Crippen molar-refractivity contribution in [2.24, 2.45) is 0 Å². The molecule has 0 saturated heterocycles. The Morgan fingerprint density at radius 1 is 1.56 bits per heavy atom. The van der Waals surface area contributed by atoms with Crippen molar-refractivity contribution >= 4 is 38.5 Å². The molecule has 1 heterocycles. The van der Waals surface area contributed by atoms with Gasteiger partial charge < -0.3 is 0 Å². The molecule has 0 spiro atoms. The molecule has 0 fully saturated rings. The van der Waals surface area contributed by atoms with E-state index in [0.29, 0.717) is 0 Å². The second-order valence-corrected chi connectivity index (χ2v) is 3.28. The summed E-state index contributed by atoms with van der Waals surface area (Å²) in [6.45, 7) is 0. The monoisotopic (exact) mass is 297 g/mol. The van der Waals surface area contributed by atoms with Crippen molar-refractivity contribution in [3.05, 3.63) is 28.5 Å². The van der Waals surface area contributed by atoms with Crippen LogP contribution in [0.1, 0.15) is 5.69 Å². The van der Waals surface area contributed by atoms with Crippen molar-refractivity contribution in [3.8, 4) is 0 Å². The molecule has 1 aromatic rings. The zero-order chi connectivity index (χ0) is 6.69. The van der Waals surface area contributed by atoms with Gasteiger partial charge in [-0.05, 0) is 28.1 Å². The van der Waals surface area contributed by atoms with Crippen molar-refractivity contribution < 1.29 is 0 Å². The lowest BCUT2D eigenvalue weighted by molar-refractivity contribution is 1.18. The summed E-state index contributed by atoms with van der Waals surface area (Å²) in [6, 6.07) is 4.01. The van der Waals surface area contributed by atoms with Gasteiger partial charge in [-0.1, -0.05) is 22.6 Å². The highest BCUT2D eigenvalue weighted by Crippen LogP contribution is 2.08. The van der Waals surface area contributed by atoms with Gasteiger partial charge in [-0.3, -0.25) is 4.98 Å². The van der Waals surface area contributed by atoms with Crippen molar-refractivity contribution in [2.75, 3.05) is 0 Å². The van der Waals surface area contributed by atoms with Gasteiger partial charge in [-0.25, -0.2) is 0 Å². The van der Waals surface area contributed by atoms with Crippen molar-refractivity contribution in [3.63, 3.8) is 0 Å². The zero-order valence-electron chi connectivity index (χ0n) is 4.64. The van der Waals surface area contributed by atoms with E-state index < -0.39 is 0 Å². The molecule has 1 nitrogen and oxygen atoms in total. The Labute approximate surface area is 76.1 Å². The second-order valence-electron chi connectivity index (χ2n) is 1.60. The minimum Gasteiger partial charge on any atom is -0.259 e. The lowest BCUT2D eigenvalue weighted by Crippen LogP contribution is -1.80. The highest BCUT2D eigenvalue weighted by atomic mass is 127. The first-order valence-corrected chi connectivity index (χ1v) is 4.81. The standard InChI is InChI=1S/C6H5BrIN/c7-5-1-2-6(3-8)9-4-5/h1-2,4H,3H2. The topological polar surface area (TPSA) is 12.9 Å². The first-order chi connectivity index (χ1) is 4.33. The van der Waals surface area contributed by atoms with Crippen molar-refractivity contribution in [1.82, 2.24) is 4.98 Å². The van der Waals surface area contributed by atoms with Crippen LogP contribution < -0.4 is 0 Å². The second kappa shape index (κ2) is 3.51. The van der Waals surface area contributed by atoms with E-state index in [1.54, 1.807) is 0 Å². The molecule has 0 amide bonds. The number of pyridine rings is 1. The van der Waals surface area contributed by atoms with Crippen LogP contribution in [0.2, 0.25) is 0 Å². The van der Waals surface area contributed by atoms with Crippen LogP contribution in [0, 0.1) is 0 Å². The number of nitrogens with zero attached hydrogens (tertiary/aromatic N) is 1. The Morgan fingerprint density at radius 3 is 2.78 bits per heavy atom. The Morgan fingerprint density at radius 2 is 2.33 bits per heavy atom. The Balaban J connectivity index is 2.88. The fraction of sp³-hybridized carbons (Fsp3) is 0.167. The summed E-state index contributed by atoms with van der Waals surface area (Å²) >= 11 is 5.60. The molecular weight excluding hydrogens is 293 g/mol. The average Bonchev–Trinajstić information content (AvgIpc) is 1.90. The molecular formula is C6H5BrIN. The van der Waals surface area contributed by atoms with Crippen LogP contribution in [0.25, 0.3) is 0 Å². The summed E-state index contributed by atoms with van der Waals surface area (Å²) < 4.78 is 2.02. The molecule has 1 aromatic heterocycles. The Bertz CT molecular complexity index is 185. The fourth-order valence-electron chi connectivity index (χ4n) is 0.485. The third-order valence-electron chi connectivity index (χ3n) is 0.926. The number of rotatable bonds is 1. The minimum atomic E-state index is 0.977. The molecule has 48 valence electrons. The van der Waals surface area contributed by atoms with Gasteiger partial charge in [0.1, 0.15) is 0 Å². The fourth-order valence-corrected chi connectivity index (χ4v) is 1.17. The molecule has 0 N–H and O–H groups in total. The van der Waals surface area contributed by atoms with Gasteiger partial charge in [-0.2, -0.15) is 0 Å². The molecule has 3 heteroatoms. The van der Waals surface area contributed by atoms with Gasteiger partial charge >= 0.3 is 0 Å². The van der Waals surface area contributed by atoms with E-state index in [1.165, 1.54) is 0 Å². The molecule has 0 aliphatic heterocycles. The van der Waals surface area contributed by atoms with E-state index in [4.69, 9.17) is 0 Å². The van der Waals surface area contributed by atoms with E-state index >= 15 is 0 Å². The maximum absolute atomic E-state index is 4.14. The van der Waals surface area contributed by atoms with Crippen molar-refractivity contribution in [2.45, 2.75) is 4.43 Å². The first kappa shape index (κ1) is 7.47. The molecule has 0 bridgehead atoms. The summed E-state index contributed by atoms with van der Waals surface area (Å²) in [5.74, 6) is 0. The maximum atomic E-state index is 4.14. The smallest absolute Gasteiger partial charge is 0.0501 e. The lowest BCUT2D eigenvalue weighted by atomic mass is 10.4. The number of halogens is 2. The number of hydrogen-bond donors (Lipinski definition) is 0. The van der Waals surface area contributed by atoms with Crippen LogP contribution in [0.15, 0.2) is 22.8 Å². The summed E-state index contributed by atoms with van der Waals surface area (Å²) in [5.41, 5.74) is 1.12. The predicted octanol–water partition coefficient (Wildman–Crippen LogP) is 2.78. The van der Waals surface area contributed by atoms with Crippen LogP contribution in [-0.2, 0) is 4.43 Å². The van der Waals surface area contributed by atoms with Crippen molar-refractivity contribution in [1.29, 1.82) is 0 Å². The molecule has 0 aliphatic rings. The summed E-state index contributed by atoms with van der Waals surface area (Å²) in [6.07, 6.45) is 1.81. The molecule has 0 unspecified atom stereocenters. The molecule has 0 aromatic carbocycles. The molecule has 9 heavy (non-hydrogen) atoms. The van der Waals surface area contributed by atoms with Crippen LogP contribution >= 0.6 is 38.5 Å². The van der Waals surface area contributed by atoms with Crippen LogP contribution in [0.4, 0.5) is 0 Å². The first-order valence-electron chi connectivity index (χ1n) is 2.49. The SMILES string of the molecule is Brc1ccc(CI)nc1. The van der Waals surface area contributed by atoms with Crippen LogP contribution in [-0.4, -0.2) is 4.98 Å². The summed E-state index contributed by atoms with van der Waals surface area (Å²) in [5, 5.41) is 0. The van der Waals surface area contributed by atoms with Crippen LogP contribution in [0.5, 0.6) is 0 Å². The Kier molecular flexibility index (Phi) is 2.91. The molecule has 0 atom stereocenters. The van der Waals surface area contributed by atoms with E-state index in [0.717, 1.165) is 14.6 Å². The quantitative estimate of drug-likeness (QED) is 0.574. The van der Waals surface area contributed by atoms with E-state index in [-0.39, 0.29) is 0 Å². The number of aromatic nitrogens is 1. The van der Waals surface area contributed by atoms with E-state index in [9.17, 15) is 0 Å². The molecule has 0 saturated carbocycles. The number of alkyl halides is 1. The van der Waals surface area contributed by atoms with Crippen LogP contribution in [0.3, 0.4) is 0 Å². The number of hydrogen-bond acceptors (Lipinski definition) is 1. The van der Waals surface area contributed by atoms with Gasteiger partial charge in [0.25, 0.3) is 0 Å². The summed E-state index contributed by atoms with van der Waals surface area (Å²) in [7, 11) is 0. The van der Waals surface area contributed by atoms with Gasteiger partial charge in [-0.15, -0.1) is 0 Å². The minimum absolute atomic E-state index is 0.977. The lowest BCUT2D eigenvalue weighted by Gasteiger charge is -1.91. The van der Waals surface area contributed by atoms with E-state index in [1.807, 2.05) is 18.3 Å². The Hall–Kier alpha value is 0.360. The highest BCUT2D eigenvalue weighted by molar-refractivity contribution is 14.1. The molecule has 1 rings (SSSR count). The highest BCUT2D eigenvalue weighted by Gasteiger charge is 1.88. The summed E-state index contributed by atoms with van der Waals surface area (Å²) in [4.78, 5) is 4.14. The third-order valence-corrected chi connectivity index (χ3v) is 2.18. The largest absolute Gasteiger partial charge is 0.259 e. The van der Waals surface area contributed by atoms with Gasteiger partial charge in [0.15, 0.2) is 0 Å².